The van der Waals surface area contributed by atoms with Gasteiger partial charge in [-0.05, 0) is 18.2 Å². The van der Waals surface area contributed by atoms with Crippen molar-refractivity contribution >= 4 is 6.16 Å². The molecule has 0 aliphatic carbocycles. The average Bonchev–Trinajstić information content (AvgIpc) is 2.18. The Kier molecular flexibility index (Phi) is 2.87. The highest BCUT2D eigenvalue weighted by Crippen LogP contribution is 2.12. The molecule has 0 heterocycles. The third kappa shape index (κ3) is 2.49. The van der Waals surface area contributed by atoms with Gasteiger partial charge in [-0.1, -0.05) is 6.07 Å². The first-order valence-corrected chi connectivity index (χ1v) is 3.52. The molecule has 1 aromatic rings. The van der Waals surface area contributed by atoms with Crippen molar-refractivity contribution in [3.63, 3.8) is 0 Å². The second-order valence-corrected chi connectivity index (χ2v) is 2.20. The summed E-state index contributed by atoms with van der Waals surface area (Å²) in [6.45, 7) is 0. The summed E-state index contributed by atoms with van der Waals surface area (Å²) in [6, 6.07) is 8.19. The van der Waals surface area contributed by atoms with E-state index in [1.54, 1.807) is 18.2 Å². The van der Waals surface area contributed by atoms with Crippen LogP contribution in [0.25, 0.3) is 0 Å². The minimum atomic E-state index is -0.796. The van der Waals surface area contributed by atoms with Crippen molar-refractivity contribution in [2.45, 2.75) is 0 Å². The summed E-state index contributed by atoms with van der Waals surface area (Å²) in [5, 5.41) is 8.53. The molecule has 0 saturated heterocycles. The van der Waals surface area contributed by atoms with Crippen LogP contribution in [0.4, 0.5) is 4.79 Å². The summed E-state index contributed by atoms with van der Waals surface area (Å²) in [4.78, 5) is 10.7. The number of carbonyl (C=O) groups is 1. The molecule has 4 nitrogen and oxygen atoms in total. The topological polar surface area (TPSA) is 59.3 Å². The Bertz CT molecular complexity index is 354. The largest absolute Gasteiger partial charge is 0.513 e. The fourth-order valence-electron chi connectivity index (χ4n) is 0.767. The second-order valence-electron chi connectivity index (χ2n) is 2.20. The maximum Gasteiger partial charge on any atom is 0.513 e. The van der Waals surface area contributed by atoms with E-state index in [9.17, 15) is 4.79 Å². The molecule has 1 aromatic carbocycles. The Balaban J connectivity index is 2.79. The fourth-order valence-corrected chi connectivity index (χ4v) is 0.767. The van der Waals surface area contributed by atoms with Crippen molar-refractivity contribution in [3.05, 3.63) is 29.8 Å². The quantitative estimate of drug-likeness (QED) is 0.484. The molecular formula is C9H7NO3. The number of hydrogen-bond donors (Lipinski definition) is 0. The van der Waals surface area contributed by atoms with Crippen molar-refractivity contribution in [1.29, 1.82) is 5.26 Å². The van der Waals surface area contributed by atoms with Crippen molar-refractivity contribution in [1.82, 2.24) is 0 Å². The van der Waals surface area contributed by atoms with Crippen molar-refractivity contribution in [3.8, 4) is 11.8 Å². The van der Waals surface area contributed by atoms with Gasteiger partial charge in [0.15, 0.2) is 0 Å². The zero-order valence-corrected chi connectivity index (χ0v) is 6.98. The number of benzene rings is 1. The highest BCUT2D eigenvalue weighted by molar-refractivity contribution is 5.63. The molecule has 0 aliphatic rings. The lowest BCUT2D eigenvalue weighted by atomic mass is 10.2. The second kappa shape index (κ2) is 4.12. The molecule has 0 aliphatic heterocycles. The Morgan fingerprint density at radius 1 is 1.54 bits per heavy atom. The van der Waals surface area contributed by atoms with Gasteiger partial charge in [0, 0.05) is 0 Å². The zero-order chi connectivity index (χ0) is 9.68. The van der Waals surface area contributed by atoms with Gasteiger partial charge in [0.05, 0.1) is 18.7 Å². The van der Waals surface area contributed by atoms with E-state index < -0.39 is 6.16 Å². The third-order valence-electron chi connectivity index (χ3n) is 1.33. The van der Waals surface area contributed by atoms with Crippen LogP contribution < -0.4 is 4.74 Å². The standard InChI is InChI=1S/C9H7NO3/c1-12-9(11)13-8-4-2-3-7(5-8)6-10/h2-5H,1H3. The molecule has 0 fully saturated rings. The van der Waals surface area contributed by atoms with Crippen LogP contribution in [0.15, 0.2) is 24.3 Å². The number of carbonyl (C=O) groups excluding carboxylic acids is 1. The molecule has 0 atom stereocenters. The summed E-state index contributed by atoms with van der Waals surface area (Å²) in [5.74, 6) is 0.297. The van der Waals surface area contributed by atoms with E-state index in [4.69, 9.17) is 10.00 Å². The molecule has 0 saturated carbocycles. The molecule has 0 bridgehead atoms. The van der Waals surface area contributed by atoms with E-state index in [2.05, 4.69) is 4.74 Å². The smallest absolute Gasteiger partial charge is 0.437 e. The first-order chi connectivity index (χ1) is 6.26. The van der Waals surface area contributed by atoms with Crippen molar-refractivity contribution < 1.29 is 14.3 Å². The Morgan fingerprint density at radius 3 is 2.92 bits per heavy atom. The van der Waals surface area contributed by atoms with Gasteiger partial charge < -0.3 is 9.47 Å². The average molecular weight is 177 g/mol. The van der Waals surface area contributed by atoms with Gasteiger partial charge >= 0.3 is 6.16 Å². The highest BCUT2D eigenvalue weighted by atomic mass is 16.7. The molecule has 13 heavy (non-hydrogen) atoms. The van der Waals surface area contributed by atoms with Gasteiger partial charge in [0.25, 0.3) is 0 Å². The van der Waals surface area contributed by atoms with Crippen molar-refractivity contribution in [2.24, 2.45) is 0 Å². The SMILES string of the molecule is COC(=O)Oc1cccc(C#N)c1. The van der Waals surface area contributed by atoms with Gasteiger partial charge in [-0.15, -0.1) is 0 Å². The molecule has 1 rings (SSSR count). The van der Waals surface area contributed by atoms with E-state index in [1.165, 1.54) is 13.2 Å². The Labute approximate surface area is 75.3 Å². The number of methoxy groups -OCH3 is 1. The molecular weight excluding hydrogens is 170 g/mol. The van der Waals surface area contributed by atoms with Crippen LogP contribution in [0.1, 0.15) is 5.56 Å². The maximum absolute atomic E-state index is 10.7. The third-order valence-corrected chi connectivity index (χ3v) is 1.33. The normalized spacial score (nSPS) is 8.62. The van der Waals surface area contributed by atoms with Gasteiger partial charge in [-0.3, -0.25) is 0 Å². The van der Waals surface area contributed by atoms with Crippen LogP contribution in [-0.2, 0) is 4.74 Å². The summed E-state index contributed by atoms with van der Waals surface area (Å²) in [5.41, 5.74) is 0.432. The molecule has 66 valence electrons. The van der Waals surface area contributed by atoms with Crippen molar-refractivity contribution in [2.75, 3.05) is 7.11 Å². The van der Waals surface area contributed by atoms with Crippen LogP contribution in [0.3, 0.4) is 0 Å². The highest BCUT2D eigenvalue weighted by Gasteiger charge is 2.03. The summed E-state index contributed by atoms with van der Waals surface area (Å²) < 4.78 is 8.98. The van der Waals surface area contributed by atoms with E-state index in [0.29, 0.717) is 11.3 Å². The van der Waals surface area contributed by atoms with Gasteiger partial charge in [0.1, 0.15) is 5.75 Å². The van der Waals surface area contributed by atoms with E-state index in [1.807, 2.05) is 6.07 Å². The summed E-state index contributed by atoms with van der Waals surface area (Å²) >= 11 is 0. The minimum Gasteiger partial charge on any atom is -0.437 e. The lowest BCUT2D eigenvalue weighted by Gasteiger charge is -2.01. The van der Waals surface area contributed by atoms with E-state index in [0.717, 1.165) is 0 Å². The number of nitriles is 1. The first-order valence-electron chi connectivity index (χ1n) is 3.52. The monoisotopic (exact) mass is 177 g/mol. The molecule has 0 amide bonds. The minimum absolute atomic E-state index is 0.297. The predicted octanol–water partition coefficient (Wildman–Crippen LogP) is 1.70. The van der Waals surface area contributed by atoms with Gasteiger partial charge in [-0.2, -0.15) is 5.26 Å². The Hall–Kier alpha value is -2.02. The van der Waals surface area contributed by atoms with Crippen LogP contribution in [0.2, 0.25) is 0 Å². The van der Waals surface area contributed by atoms with E-state index in [-0.39, 0.29) is 0 Å². The summed E-state index contributed by atoms with van der Waals surface area (Å²) in [7, 11) is 1.22. The lowest BCUT2D eigenvalue weighted by molar-refractivity contribution is 0.121. The molecule has 0 spiro atoms. The maximum atomic E-state index is 10.7. The van der Waals surface area contributed by atoms with Gasteiger partial charge in [-0.25, -0.2) is 4.79 Å². The molecule has 4 heteroatoms. The molecule has 0 unspecified atom stereocenters. The number of nitrogens with zero attached hydrogens (tertiary/aromatic N) is 1. The van der Waals surface area contributed by atoms with E-state index >= 15 is 0 Å². The van der Waals surface area contributed by atoms with Crippen LogP contribution in [0.5, 0.6) is 5.75 Å². The van der Waals surface area contributed by atoms with Gasteiger partial charge in [0.2, 0.25) is 0 Å². The van der Waals surface area contributed by atoms with Crippen LogP contribution >= 0.6 is 0 Å². The summed E-state index contributed by atoms with van der Waals surface area (Å²) in [6.07, 6.45) is -0.796. The predicted molar refractivity (Wildman–Crippen MR) is 44.2 cm³/mol. The van der Waals surface area contributed by atoms with Crippen LogP contribution in [-0.4, -0.2) is 13.3 Å². The Morgan fingerprint density at radius 2 is 2.31 bits per heavy atom. The first kappa shape index (κ1) is 9.07. The molecule has 0 radical (unpaired) electrons. The zero-order valence-electron chi connectivity index (χ0n) is 6.98. The number of rotatable bonds is 1. The van der Waals surface area contributed by atoms with Crippen LogP contribution in [0, 0.1) is 11.3 Å². The fraction of sp³-hybridized carbons (Fsp3) is 0.111. The number of hydrogen-bond acceptors (Lipinski definition) is 4. The number of ether oxygens (including phenoxy) is 2. The molecule has 0 aromatic heterocycles. The molecule has 0 N–H and O–H groups in total. The lowest BCUT2D eigenvalue weighted by Crippen LogP contribution is -2.07.